The van der Waals surface area contributed by atoms with E-state index in [0.717, 1.165) is 16.9 Å². The van der Waals surface area contributed by atoms with Crippen LogP contribution in [0.3, 0.4) is 0 Å². The van der Waals surface area contributed by atoms with E-state index < -0.39 is 17.9 Å². The first-order valence-corrected chi connectivity index (χ1v) is 9.48. The summed E-state index contributed by atoms with van der Waals surface area (Å²) in [6, 6.07) is 16.9. The molecule has 0 aliphatic rings. The number of rotatable bonds is 13. The van der Waals surface area contributed by atoms with E-state index in [2.05, 4.69) is 5.48 Å². The lowest BCUT2D eigenvalue weighted by molar-refractivity contribution is -0.147. The summed E-state index contributed by atoms with van der Waals surface area (Å²) in [5.41, 5.74) is 4.72. The van der Waals surface area contributed by atoms with Crippen LogP contribution in [-0.4, -0.2) is 30.8 Å². The number of nitrogens with one attached hydrogen (secondary N) is 1. The second-order valence-corrected chi connectivity index (χ2v) is 6.53. The fraction of sp³-hybridized carbons (Fsp3) is 0.364. The lowest BCUT2D eigenvalue weighted by Gasteiger charge is -2.13. The Balaban J connectivity index is 1.62. The Labute approximate surface area is 170 Å². The Morgan fingerprint density at radius 3 is 2.38 bits per heavy atom. The molecule has 2 rings (SSSR count). The van der Waals surface area contributed by atoms with Crippen molar-refractivity contribution in [3.63, 3.8) is 0 Å². The number of hydrogen-bond donors (Lipinski definition) is 2. The van der Waals surface area contributed by atoms with E-state index in [1.54, 1.807) is 7.11 Å². The average Bonchev–Trinajstić information content (AvgIpc) is 2.75. The molecule has 29 heavy (non-hydrogen) atoms. The van der Waals surface area contributed by atoms with E-state index >= 15 is 0 Å². The highest BCUT2D eigenvalue weighted by Gasteiger charge is 2.19. The molecule has 0 spiro atoms. The van der Waals surface area contributed by atoms with E-state index in [-0.39, 0.29) is 26.1 Å². The summed E-state index contributed by atoms with van der Waals surface area (Å²) in [5.74, 6) is -1.23. The van der Waals surface area contributed by atoms with Gasteiger partial charge >= 0.3 is 11.9 Å². The standard InChI is InChI=1S/C22H27NO6/c1-27-20-10-7-17(8-11-20)15-23-29-14-13-19(22(25)26)9-12-21(24)28-16-18-5-3-2-4-6-18/h2-8,10-11,19,23H,9,12-16H2,1H3,(H,25,26). The molecule has 0 amide bonds. The molecule has 0 aromatic heterocycles. The van der Waals surface area contributed by atoms with Crippen molar-refractivity contribution in [2.75, 3.05) is 13.7 Å². The number of carbonyl (C=O) groups excluding carboxylic acids is 1. The number of hydroxylamine groups is 1. The van der Waals surface area contributed by atoms with E-state index in [1.807, 2.05) is 54.6 Å². The maximum Gasteiger partial charge on any atom is 0.306 e. The number of esters is 1. The van der Waals surface area contributed by atoms with Crippen LogP contribution in [0.4, 0.5) is 0 Å². The Morgan fingerprint density at radius 2 is 1.72 bits per heavy atom. The highest BCUT2D eigenvalue weighted by molar-refractivity contribution is 5.73. The molecule has 0 aliphatic heterocycles. The predicted molar refractivity (Wildman–Crippen MR) is 107 cm³/mol. The molecule has 2 N–H and O–H groups in total. The summed E-state index contributed by atoms with van der Waals surface area (Å²) in [6.07, 6.45) is 0.574. The smallest absolute Gasteiger partial charge is 0.306 e. The van der Waals surface area contributed by atoms with Crippen molar-refractivity contribution in [2.45, 2.75) is 32.4 Å². The van der Waals surface area contributed by atoms with Crippen LogP contribution in [0.5, 0.6) is 5.75 Å². The minimum absolute atomic E-state index is 0.0586. The molecular weight excluding hydrogens is 374 g/mol. The van der Waals surface area contributed by atoms with Gasteiger partial charge in [0.05, 0.1) is 19.6 Å². The summed E-state index contributed by atoms with van der Waals surface area (Å²) in [4.78, 5) is 28.6. The molecule has 0 radical (unpaired) electrons. The molecule has 1 atom stereocenters. The molecule has 2 aromatic carbocycles. The van der Waals surface area contributed by atoms with Crippen molar-refractivity contribution >= 4 is 11.9 Å². The van der Waals surface area contributed by atoms with Gasteiger partial charge in [-0.2, -0.15) is 5.48 Å². The third kappa shape index (κ3) is 8.76. The minimum atomic E-state index is -0.945. The number of hydrogen-bond acceptors (Lipinski definition) is 6. The summed E-state index contributed by atoms with van der Waals surface area (Å²) in [7, 11) is 1.61. The monoisotopic (exact) mass is 401 g/mol. The van der Waals surface area contributed by atoms with Crippen molar-refractivity contribution in [3.8, 4) is 5.75 Å². The summed E-state index contributed by atoms with van der Waals surface area (Å²) in [5, 5.41) is 9.34. The largest absolute Gasteiger partial charge is 0.497 e. The third-order valence-electron chi connectivity index (χ3n) is 4.39. The van der Waals surface area contributed by atoms with Gasteiger partial charge in [-0.25, -0.2) is 0 Å². The lowest BCUT2D eigenvalue weighted by atomic mass is 10.0. The zero-order chi connectivity index (χ0) is 20.9. The summed E-state index contributed by atoms with van der Waals surface area (Å²) < 4.78 is 10.3. The van der Waals surface area contributed by atoms with Gasteiger partial charge in [0.25, 0.3) is 0 Å². The second kappa shape index (κ2) is 12.5. The molecule has 1 unspecified atom stereocenters. The number of aliphatic carboxylic acids is 1. The lowest BCUT2D eigenvalue weighted by Crippen LogP contribution is -2.21. The third-order valence-corrected chi connectivity index (χ3v) is 4.39. The van der Waals surface area contributed by atoms with Crippen LogP contribution < -0.4 is 10.2 Å². The second-order valence-electron chi connectivity index (χ2n) is 6.53. The number of carboxylic acids is 1. The Morgan fingerprint density at radius 1 is 1.00 bits per heavy atom. The fourth-order valence-electron chi connectivity index (χ4n) is 2.64. The first kappa shape index (κ1) is 22.4. The minimum Gasteiger partial charge on any atom is -0.497 e. The van der Waals surface area contributed by atoms with E-state index in [4.69, 9.17) is 14.3 Å². The van der Waals surface area contributed by atoms with Gasteiger partial charge in [0, 0.05) is 13.0 Å². The maximum absolute atomic E-state index is 11.9. The highest BCUT2D eigenvalue weighted by Crippen LogP contribution is 2.14. The zero-order valence-corrected chi connectivity index (χ0v) is 16.5. The van der Waals surface area contributed by atoms with Gasteiger partial charge in [0.1, 0.15) is 12.4 Å². The Hall–Kier alpha value is -2.90. The molecule has 0 fully saturated rings. The van der Waals surface area contributed by atoms with Gasteiger partial charge in [0.2, 0.25) is 0 Å². The van der Waals surface area contributed by atoms with Gasteiger partial charge < -0.3 is 19.4 Å². The molecule has 7 nitrogen and oxygen atoms in total. The van der Waals surface area contributed by atoms with Crippen LogP contribution >= 0.6 is 0 Å². The van der Waals surface area contributed by atoms with Crippen molar-refractivity contribution in [2.24, 2.45) is 5.92 Å². The number of methoxy groups -OCH3 is 1. The molecular formula is C22H27NO6. The number of carbonyl (C=O) groups is 2. The highest BCUT2D eigenvalue weighted by atomic mass is 16.6. The predicted octanol–water partition coefficient (Wildman–Crippen LogP) is 3.33. The summed E-state index contributed by atoms with van der Waals surface area (Å²) in [6.45, 7) is 0.912. The van der Waals surface area contributed by atoms with E-state index in [0.29, 0.717) is 13.0 Å². The van der Waals surface area contributed by atoms with Crippen LogP contribution in [0, 0.1) is 5.92 Å². The van der Waals surface area contributed by atoms with E-state index in [9.17, 15) is 14.7 Å². The summed E-state index contributed by atoms with van der Waals surface area (Å²) >= 11 is 0. The van der Waals surface area contributed by atoms with Gasteiger partial charge in [0.15, 0.2) is 0 Å². The van der Waals surface area contributed by atoms with Crippen LogP contribution in [0.15, 0.2) is 54.6 Å². The molecule has 0 heterocycles. The first-order chi connectivity index (χ1) is 14.1. The van der Waals surface area contributed by atoms with Crippen molar-refractivity contribution in [1.29, 1.82) is 0 Å². The van der Waals surface area contributed by atoms with E-state index in [1.165, 1.54) is 0 Å². The van der Waals surface area contributed by atoms with Crippen LogP contribution in [0.2, 0.25) is 0 Å². The SMILES string of the molecule is COc1ccc(CNOCCC(CCC(=O)OCc2ccccc2)C(=O)O)cc1. The van der Waals surface area contributed by atoms with Crippen LogP contribution in [-0.2, 0) is 32.3 Å². The van der Waals surface area contributed by atoms with Crippen molar-refractivity contribution in [3.05, 3.63) is 65.7 Å². The van der Waals surface area contributed by atoms with Gasteiger partial charge in [-0.1, -0.05) is 42.5 Å². The maximum atomic E-state index is 11.9. The molecule has 2 aromatic rings. The first-order valence-electron chi connectivity index (χ1n) is 9.48. The molecule has 0 bridgehead atoms. The normalized spacial score (nSPS) is 11.6. The quantitative estimate of drug-likeness (QED) is 0.302. The zero-order valence-electron chi connectivity index (χ0n) is 16.5. The molecule has 7 heteroatoms. The van der Waals surface area contributed by atoms with Crippen LogP contribution in [0.25, 0.3) is 0 Å². The molecule has 0 saturated heterocycles. The molecule has 0 aliphatic carbocycles. The van der Waals surface area contributed by atoms with Crippen molar-refractivity contribution in [1.82, 2.24) is 5.48 Å². The van der Waals surface area contributed by atoms with Crippen molar-refractivity contribution < 1.29 is 29.0 Å². The topological polar surface area (TPSA) is 94.1 Å². The van der Waals surface area contributed by atoms with Crippen LogP contribution in [0.1, 0.15) is 30.4 Å². The van der Waals surface area contributed by atoms with Gasteiger partial charge in [-0.15, -0.1) is 0 Å². The molecule has 156 valence electrons. The van der Waals surface area contributed by atoms with Gasteiger partial charge in [-0.05, 0) is 36.1 Å². The number of carboxylic acid groups (broad SMARTS) is 1. The Kier molecular flexibility index (Phi) is 9.68. The average molecular weight is 401 g/mol. The number of benzene rings is 2. The number of ether oxygens (including phenoxy) is 2. The fourth-order valence-corrected chi connectivity index (χ4v) is 2.64. The molecule has 0 saturated carbocycles. The Bertz CT molecular complexity index is 748. The van der Waals surface area contributed by atoms with Gasteiger partial charge in [-0.3, -0.25) is 9.59 Å².